The van der Waals surface area contributed by atoms with Crippen LogP contribution in [0.15, 0.2) is 18.2 Å². The summed E-state index contributed by atoms with van der Waals surface area (Å²) in [6.45, 7) is 5.02. The molecule has 98 valence electrons. The molecule has 0 saturated carbocycles. The highest BCUT2D eigenvalue weighted by molar-refractivity contribution is 5.44. The minimum Gasteiger partial charge on any atom is -0.490 e. The van der Waals surface area contributed by atoms with E-state index < -0.39 is 0 Å². The molecule has 4 nitrogen and oxygen atoms in total. The second-order valence-corrected chi connectivity index (χ2v) is 4.07. The maximum atomic E-state index is 9.18. The first-order valence-electron chi connectivity index (χ1n) is 6.09. The minimum atomic E-state index is -0.278. The quantitative estimate of drug-likeness (QED) is 0.776. The molecule has 1 atom stereocenters. The summed E-state index contributed by atoms with van der Waals surface area (Å²) >= 11 is 0. The Morgan fingerprint density at radius 3 is 2.28 bits per heavy atom. The lowest BCUT2D eigenvalue weighted by Crippen LogP contribution is -2.18. The van der Waals surface area contributed by atoms with E-state index in [-0.39, 0.29) is 6.04 Å². The van der Waals surface area contributed by atoms with Gasteiger partial charge in [-0.3, -0.25) is 4.90 Å². The smallest absolute Gasteiger partial charge is 0.161 e. The molecule has 0 saturated heterocycles. The van der Waals surface area contributed by atoms with Crippen molar-refractivity contribution in [2.24, 2.45) is 0 Å². The topological polar surface area (TPSA) is 45.5 Å². The molecule has 0 fully saturated rings. The summed E-state index contributed by atoms with van der Waals surface area (Å²) in [5, 5.41) is 9.18. The van der Waals surface area contributed by atoms with E-state index in [0.717, 1.165) is 11.3 Å². The second-order valence-electron chi connectivity index (χ2n) is 4.07. The molecule has 0 radical (unpaired) electrons. The van der Waals surface area contributed by atoms with E-state index >= 15 is 0 Å². The molecule has 0 N–H and O–H groups in total. The van der Waals surface area contributed by atoms with E-state index in [4.69, 9.17) is 9.47 Å². The van der Waals surface area contributed by atoms with Gasteiger partial charge in [0.15, 0.2) is 11.5 Å². The van der Waals surface area contributed by atoms with Crippen LogP contribution in [0.3, 0.4) is 0 Å². The molecule has 0 unspecified atom stereocenters. The highest BCUT2D eigenvalue weighted by Crippen LogP contribution is 2.31. The Hall–Kier alpha value is -1.73. The lowest BCUT2D eigenvalue weighted by molar-refractivity contribution is 0.286. The fraction of sp³-hybridized carbons (Fsp3) is 0.500. The van der Waals surface area contributed by atoms with Gasteiger partial charge in [0.2, 0.25) is 0 Å². The van der Waals surface area contributed by atoms with Crippen LogP contribution >= 0.6 is 0 Å². The summed E-state index contributed by atoms with van der Waals surface area (Å²) in [5.74, 6) is 1.41. The van der Waals surface area contributed by atoms with Crippen LogP contribution in [-0.4, -0.2) is 32.2 Å². The second kappa shape index (κ2) is 6.87. The molecule has 1 rings (SSSR count). The molecule has 0 aliphatic heterocycles. The van der Waals surface area contributed by atoms with Crippen molar-refractivity contribution in [2.45, 2.75) is 19.9 Å². The zero-order valence-electron chi connectivity index (χ0n) is 11.4. The Kier molecular flexibility index (Phi) is 5.47. The molecule has 0 heterocycles. The van der Waals surface area contributed by atoms with E-state index in [0.29, 0.717) is 19.0 Å². The SMILES string of the molecule is CCOc1ccc([C@@H](C#N)N(C)C)cc1OCC. The van der Waals surface area contributed by atoms with Crippen LogP contribution in [-0.2, 0) is 0 Å². The molecule has 1 aromatic carbocycles. The van der Waals surface area contributed by atoms with Crippen LogP contribution in [0.4, 0.5) is 0 Å². The predicted molar refractivity (Wildman–Crippen MR) is 70.8 cm³/mol. The molecule has 1 aromatic rings. The third-order valence-electron chi connectivity index (χ3n) is 2.52. The van der Waals surface area contributed by atoms with Gasteiger partial charge in [-0.2, -0.15) is 5.26 Å². The predicted octanol–water partition coefficient (Wildman–Crippen LogP) is 2.61. The van der Waals surface area contributed by atoms with Crippen LogP contribution in [0.2, 0.25) is 0 Å². The largest absolute Gasteiger partial charge is 0.490 e. The zero-order chi connectivity index (χ0) is 13.5. The van der Waals surface area contributed by atoms with Crippen LogP contribution in [0.5, 0.6) is 11.5 Å². The molecule has 18 heavy (non-hydrogen) atoms. The zero-order valence-corrected chi connectivity index (χ0v) is 11.4. The number of rotatable bonds is 6. The van der Waals surface area contributed by atoms with Gasteiger partial charge in [0.1, 0.15) is 6.04 Å². The summed E-state index contributed by atoms with van der Waals surface area (Å²) in [5.41, 5.74) is 0.911. The lowest BCUT2D eigenvalue weighted by atomic mass is 10.1. The molecule has 0 amide bonds. The number of hydrogen-bond donors (Lipinski definition) is 0. The van der Waals surface area contributed by atoms with Crippen molar-refractivity contribution in [2.75, 3.05) is 27.3 Å². The van der Waals surface area contributed by atoms with Crippen molar-refractivity contribution in [1.29, 1.82) is 5.26 Å². The van der Waals surface area contributed by atoms with E-state index in [2.05, 4.69) is 6.07 Å². The molecule has 0 aliphatic rings. The fourth-order valence-corrected chi connectivity index (χ4v) is 1.73. The van der Waals surface area contributed by atoms with Crippen LogP contribution in [0.1, 0.15) is 25.5 Å². The standard InChI is InChI=1S/C14H20N2O2/c1-5-17-13-8-7-11(9-14(13)18-6-2)12(10-15)16(3)4/h7-9,12H,5-6H2,1-4H3/t12-/m1/s1. The van der Waals surface area contributed by atoms with Gasteiger partial charge in [0.25, 0.3) is 0 Å². The van der Waals surface area contributed by atoms with Gasteiger partial charge in [-0.15, -0.1) is 0 Å². The Morgan fingerprint density at radius 1 is 1.17 bits per heavy atom. The Morgan fingerprint density at radius 2 is 1.78 bits per heavy atom. The van der Waals surface area contributed by atoms with Gasteiger partial charge in [0.05, 0.1) is 19.3 Å². The van der Waals surface area contributed by atoms with Crippen molar-refractivity contribution in [1.82, 2.24) is 4.90 Å². The van der Waals surface area contributed by atoms with Gasteiger partial charge < -0.3 is 9.47 Å². The average molecular weight is 248 g/mol. The first kappa shape index (κ1) is 14.3. The summed E-state index contributed by atoms with van der Waals surface area (Å²) in [6, 6.07) is 7.63. The van der Waals surface area contributed by atoms with Crippen LogP contribution in [0, 0.1) is 11.3 Å². The Labute approximate surface area is 109 Å². The first-order valence-corrected chi connectivity index (χ1v) is 6.09. The van der Waals surface area contributed by atoms with Gasteiger partial charge in [-0.25, -0.2) is 0 Å². The van der Waals surface area contributed by atoms with Crippen LogP contribution < -0.4 is 9.47 Å². The van der Waals surface area contributed by atoms with Crippen LogP contribution in [0.25, 0.3) is 0 Å². The Balaban J connectivity index is 3.09. The van der Waals surface area contributed by atoms with Crippen molar-refractivity contribution in [3.63, 3.8) is 0 Å². The summed E-state index contributed by atoms with van der Waals surface area (Å²) < 4.78 is 11.0. The molecule has 0 spiro atoms. The summed E-state index contributed by atoms with van der Waals surface area (Å²) in [4.78, 5) is 1.87. The molecule has 0 aromatic heterocycles. The molecular formula is C14H20N2O2. The number of benzene rings is 1. The van der Waals surface area contributed by atoms with Gasteiger partial charge in [0, 0.05) is 0 Å². The maximum Gasteiger partial charge on any atom is 0.161 e. The van der Waals surface area contributed by atoms with Gasteiger partial charge >= 0.3 is 0 Å². The average Bonchev–Trinajstić information content (AvgIpc) is 2.33. The van der Waals surface area contributed by atoms with Crippen molar-refractivity contribution >= 4 is 0 Å². The number of nitriles is 1. The van der Waals surface area contributed by atoms with Crippen molar-refractivity contribution < 1.29 is 9.47 Å². The highest BCUT2D eigenvalue weighted by atomic mass is 16.5. The number of hydrogen-bond acceptors (Lipinski definition) is 4. The van der Waals surface area contributed by atoms with Crippen molar-refractivity contribution in [3.8, 4) is 17.6 Å². The monoisotopic (exact) mass is 248 g/mol. The molecular weight excluding hydrogens is 228 g/mol. The van der Waals surface area contributed by atoms with E-state index in [9.17, 15) is 5.26 Å². The summed E-state index contributed by atoms with van der Waals surface area (Å²) in [7, 11) is 3.76. The number of ether oxygens (including phenoxy) is 2. The lowest BCUT2D eigenvalue weighted by Gasteiger charge is -2.19. The van der Waals surface area contributed by atoms with E-state index in [1.54, 1.807) is 0 Å². The molecule has 4 heteroatoms. The Bertz CT molecular complexity index is 424. The fourth-order valence-electron chi connectivity index (χ4n) is 1.73. The maximum absolute atomic E-state index is 9.18. The van der Waals surface area contributed by atoms with Crippen molar-refractivity contribution in [3.05, 3.63) is 23.8 Å². The first-order chi connectivity index (χ1) is 8.63. The molecule has 0 bridgehead atoms. The third-order valence-corrected chi connectivity index (χ3v) is 2.52. The third kappa shape index (κ3) is 3.38. The number of nitrogens with zero attached hydrogens (tertiary/aromatic N) is 2. The van der Waals surface area contributed by atoms with Gasteiger partial charge in [-0.1, -0.05) is 6.07 Å². The molecule has 0 aliphatic carbocycles. The van der Waals surface area contributed by atoms with Gasteiger partial charge in [-0.05, 0) is 45.6 Å². The normalized spacial score (nSPS) is 12.0. The van der Waals surface area contributed by atoms with E-state index in [1.807, 2.05) is 51.0 Å². The highest BCUT2D eigenvalue weighted by Gasteiger charge is 2.15. The summed E-state index contributed by atoms with van der Waals surface area (Å²) in [6.07, 6.45) is 0. The minimum absolute atomic E-state index is 0.278. The van der Waals surface area contributed by atoms with E-state index in [1.165, 1.54) is 0 Å².